The second-order valence-electron chi connectivity index (χ2n) is 6.90. The number of hydrogen-bond donors (Lipinski definition) is 1. The fourth-order valence-electron chi connectivity index (χ4n) is 3.22. The highest BCUT2D eigenvalue weighted by Gasteiger charge is 2.10. The summed E-state index contributed by atoms with van der Waals surface area (Å²) < 4.78 is 8.27. The molecule has 0 saturated carbocycles. The van der Waals surface area contributed by atoms with Gasteiger partial charge in [-0.05, 0) is 43.6 Å². The minimum absolute atomic E-state index is 0.690. The third-order valence-corrected chi connectivity index (χ3v) is 4.38. The lowest BCUT2D eigenvalue weighted by atomic mass is 10.1. The van der Waals surface area contributed by atoms with E-state index in [9.17, 15) is 0 Å². The van der Waals surface area contributed by atoms with Gasteiger partial charge >= 0.3 is 0 Å². The van der Waals surface area contributed by atoms with Gasteiger partial charge in [0, 0.05) is 28.9 Å². The molecule has 0 spiro atoms. The van der Waals surface area contributed by atoms with E-state index in [1.807, 2.05) is 6.08 Å². The Morgan fingerprint density at radius 2 is 1.92 bits per heavy atom. The van der Waals surface area contributed by atoms with Gasteiger partial charge in [-0.3, -0.25) is 0 Å². The smallest absolute Gasteiger partial charge is 0.121 e. The number of fused-ring (bicyclic) bond motifs is 3. The predicted octanol–water partition coefficient (Wildman–Crippen LogP) is 5.00. The monoisotopic (exact) mass is 336 g/mol. The molecule has 0 radical (unpaired) electrons. The summed E-state index contributed by atoms with van der Waals surface area (Å²) in [5.41, 5.74) is 2.45. The lowest BCUT2D eigenvalue weighted by molar-refractivity contribution is 0.307. The van der Waals surface area contributed by atoms with Gasteiger partial charge in [-0.2, -0.15) is 0 Å². The topological polar surface area (TPSA) is 26.2 Å². The maximum absolute atomic E-state index is 5.97. The molecule has 1 N–H and O–H groups in total. The molecule has 3 aromatic rings. The molecule has 0 aliphatic rings. The van der Waals surface area contributed by atoms with Crippen LogP contribution in [0.4, 0.5) is 0 Å². The molecular weight excluding hydrogens is 308 g/mol. The van der Waals surface area contributed by atoms with E-state index in [-0.39, 0.29) is 0 Å². The number of benzene rings is 2. The van der Waals surface area contributed by atoms with E-state index in [2.05, 4.69) is 72.8 Å². The number of para-hydroxylation sites is 1. The van der Waals surface area contributed by atoms with Crippen LogP contribution in [0.15, 0.2) is 55.1 Å². The summed E-state index contributed by atoms with van der Waals surface area (Å²) in [6.45, 7) is 11.9. The molecule has 1 heterocycles. The van der Waals surface area contributed by atoms with Crippen LogP contribution in [-0.4, -0.2) is 24.3 Å². The highest BCUT2D eigenvalue weighted by atomic mass is 16.5. The molecule has 132 valence electrons. The highest BCUT2D eigenvalue weighted by Crippen LogP contribution is 2.31. The minimum atomic E-state index is 0.690. The highest BCUT2D eigenvalue weighted by molar-refractivity contribution is 6.08. The van der Waals surface area contributed by atoms with Gasteiger partial charge in [0.05, 0.1) is 12.1 Å². The number of aromatic nitrogens is 1. The van der Waals surface area contributed by atoms with Crippen LogP contribution in [-0.2, 0) is 6.54 Å². The molecule has 3 nitrogen and oxygen atoms in total. The van der Waals surface area contributed by atoms with Gasteiger partial charge in [-0.15, -0.1) is 6.58 Å². The van der Waals surface area contributed by atoms with Crippen molar-refractivity contribution in [2.75, 3.05) is 19.7 Å². The van der Waals surface area contributed by atoms with Crippen LogP contribution in [0.25, 0.3) is 21.8 Å². The summed E-state index contributed by atoms with van der Waals surface area (Å²) in [4.78, 5) is 0. The molecule has 25 heavy (non-hydrogen) atoms. The molecular formula is C22H28N2O. The first-order valence-corrected chi connectivity index (χ1v) is 9.16. The van der Waals surface area contributed by atoms with Gasteiger partial charge in [0.15, 0.2) is 0 Å². The van der Waals surface area contributed by atoms with Gasteiger partial charge in [0.2, 0.25) is 0 Å². The summed E-state index contributed by atoms with van der Waals surface area (Å²) in [6.07, 6.45) is 2.96. The molecule has 0 fully saturated rings. The normalized spacial score (nSPS) is 11.5. The van der Waals surface area contributed by atoms with Crippen molar-refractivity contribution in [2.24, 2.45) is 5.92 Å². The van der Waals surface area contributed by atoms with Crippen molar-refractivity contribution in [2.45, 2.75) is 26.8 Å². The minimum Gasteiger partial charge on any atom is -0.493 e. The van der Waals surface area contributed by atoms with Gasteiger partial charge in [0.1, 0.15) is 5.75 Å². The first kappa shape index (κ1) is 17.6. The van der Waals surface area contributed by atoms with E-state index in [1.165, 1.54) is 21.8 Å². The van der Waals surface area contributed by atoms with Gasteiger partial charge in [-0.1, -0.05) is 38.1 Å². The second kappa shape index (κ2) is 8.21. The number of hydrogen-bond acceptors (Lipinski definition) is 2. The van der Waals surface area contributed by atoms with Crippen molar-refractivity contribution < 1.29 is 4.74 Å². The molecule has 0 atom stereocenters. The summed E-state index contributed by atoms with van der Waals surface area (Å²) in [6, 6.07) is 14.9. The largest absolute Gasteiger partial charge is 0.493 e. The van der Waals surface area contributed by atoms with Crippen molar-refractivity contribution in [3.05, 3.63) is 55.1 Å². The van der Waals surface area contributed by atoms with E-state index >= 15 is 0 Å². The van der Waals surface area contributed by atoms with Crippen LogP contribution in [0.3, 0.4) is 0 Å². The Bertz CT molecular complexity index is 848. The summed E-state index contributed by atoms with van der Waals surface area (Å²) >= 11 is 0. The average Bonchev–Trinajstić information content (AvgIpc) is 2.92. The summed E-state index contributed by atoms with van der Waals surface area (Å²) in [5.74, 6) is 1.62. The molecule has 0 aliphatic heterocycles. The Hall–Kier alpha value is -2.26. The Labute approximate surface area is 150 Å². The van der Waals surface area contributed by atoms with Crippen molar-refractivity contribution in [1.29, 1.82) is 0 Å². The average molecular weight is 336 g/mol. The number of nitrogens with one attached hydrogen (secondary N) is 1. The molecule has 1 aromatic heterocycles. The van der Waals surface area contributed by atoms with Gasteiger partial charge in [-0.25, -0.2) is 0 Å². The Kier molecular flexibility index (Phi) is 5.77. The standard InChI is InChI=1S/C22H28N2O/c1-4-13-24-21-9-6-5-8-19(21)20-11-10-18(15-22(20)24)25-14-7-12-23-16-17(2)3/h4-6,8-11,15,17,23H,1,7,12-14,16H2,2-3H3. The molecule has 0 unspecified atom stereocenters. The Morgan fingerprint density at radius 1 is 1.12 bits per heavy atom. The van der Waals surface area contributed by atoms with Crippen molar-refractivity contribution >= 4 is 21.8 Å². The second-order valence-corrected chi connectivity index (χ2v) is 6.90. The van der Waals surface area contributed by atoms with Crippen molar-refractivity contribution in [1.82, 2.24) is 9.88 Å². The molecule has 0 saturated heterocycles. The zero-order chi connectivity index (χ0) is 17.6. The van der Waals surface area contributed by atoms with Crippen LogP contribution in [0.1, 0.15) is 20.3 Å². The first-order valence-electron chi connectivity index (χ1n) is 9.16. The fraction of sp³-hybridized carbons (Fsp3) is 0.364. The zero-order valence-electron chi connectivity index (χ0n) is 15.3. The quantitative estimate of drug-likeness (QED) is 0.440. The van der Waals surface area contributed by atoms with Crippen LogP contribution in [0.2, 0.25) is 0 Å². The summed E-state index contributed by atoms with van der Waals surface area (Å²) in [5, 5.41) is 6.00. The van der Waals surface area contributed by atoms with Gasteiger partial charge < -0.3 is 14.6 Å². The molecule has 0 amide bonds. The van der Waals surface area contributed by atoms with Crippen molar-refractivity contribution in [3.63, 3.8) is 0 Å². The maximum atomic E-state index is 5.97. The van der Waals surface area contributed by atoms with Crippen molar-refractivity contribution in [3.8, 4) is 5.75 Å². The fourth-order valence-corrected chi connectivity index (χ4v) is 3.22. The lowest BCUT2D eigenvalue weighted by Gasteiger charge is -2.09. The number of nitrogens with zero attached hydrogens (tertiary/aromatic N) is 1. The predicted molar refractivity (Wildman–Crippen MR) is 107 cm³/mol. The van der Waals surface area contributed by atoms with Gasteiger partial charge in [0.25, 0.3) is 0 Å². The zero-order valence-corrected chi connectivity index (χ0v) is 15.3. The van der Waals surface area contributed by atoms with E-state index in [1.54, 1.807) is 0 Å². The molecule has 3 rings (SSSR count). The first-order chi connectivity index (χ1) is 12.2. The molecule has 0 bridgehead atoms. The third-order valence-electron chi connectivity index (χ3n) is 4.38. The number of allylic oxidation sites excluding steroid dienone is 1. The molecule has 0 aliphatic carbocycles. The van der Waals surface area contributed by atoms with Crippen LogP contribution in [0, 0.1) is 5.92 Å². The lowest BCUT2D eigenvalue weighted by Crippen LogP contribution is -2.22. The number of rotatable bonds is 9. The van der Waals surface area contributed by atoms with Crippen LogP contribution < -0.4 is 10.1 Å². The van der Waals surface area contributed by atoms with E-state index in [0.29, 0.717) is 5.92 Å². The Balaban J connectivity index is 1.74. The van der Waals surface area contributed by atoms with E-state index in [0.717, 1.165) is 38.4 Å². The van der Waals surface area contributed by atoms with Crippen LogP contribution >= 0.6 is 0 Å². The SMILES string of the molecule is C=CCn1c2ccccc2c2ccc(OCCCNCC(C)C)cc21. The molecule has 3 heteroatoms. The summed E-state index contributed by atoms with van der Waals surface area (Å²) in [7, 11) is 0. The van der Waals surface area contributed by atoms with E-state index in [4.69, 9.17) is 4.74 Å². The van der Waals surface area contributed by atoms with Crippen LogP contribution in [0.5, 0.6) is 5.75 Å². The Morgan fingerprint density at radius 3 is 2.72 bits per heavy atom. The maximum Gasteiger partial charge on any atom is 0.121 e. The third kappa shape index (κ3) is 4.05. The van der Waals surface area contributed by atoms with E-state index < -0.39 is 0 Å². The molecule has 2 aromatic carbocycles. The number of ether oxygens (including phenoxy) is 1.